The van der Waals surface area contributed by atoms with Crippen molar-refractivity contribution in [2.24, 2.45) is 0 Å². The predicted octanol–water partition coefficient (Wildman–Crippen LogP) is 1.71. The minimum absolute atomic E-state index is 0.0153. The Morgan fingerprint density at radius 3 is 2.80 bits per heavy atom. The summed E-state index contributed by atoms with van der Waals surface area (Å²) in [5.74, 6) is -1.10. The lowest BCUT2D eigenvalue weighted by atomic mass is 9.89. The number of carboxylic acid groups (broad SMARTS) is 1. The average molecular weight is 281 g/mol. The van der Waals surface area contributed by atoms with E-state index in [2.05, 4.69) is 15.6 Å². The molecule has 1 saturated carbocycles. The standard InChI is InChI=1S/C13H19N3O4/c1-3-20-9-5-8(6-9)15-13(19)16-10-4-7(2)14-11(10)12(17)18/h4,8-9,14H,3,5-6H2,1-2H3,(H,17,18)(H2,15,16,19). The molecule has 0 bridgehead atoms. The minimum Gasteiger partial charge on any atom is -0.477 e. The Kier molecular flexibility index (Phi) is 4.29. The van der Waals surface area contributed by atoms with E-state index in [1.54, 1.807) is 13.0 Å². The Bertz CT molecular complexity index is 506. The van der Waals surface area contributed by atoms with Crippen LogP contribution in [-0.2, 0) is 4.74 Å². The number of amides is 2. The fourth-order valence-electron chi connectivity index (χ4n) is 2.26. The van der Waals surface area contributed by atoms with Gasteiger partial charge in [0.25, 0.3) is 0 Å². The largest absolute Gasteiger partial charge is 0.477 e. The van der Waals surface area contributed by atoms with Gasteiger partial charge in [-0.15, -0.1) is 0 Å². The summed E-state index contributed by atoms with van der Waals surface area (Å²) in [6.45, 7) is 4.34. The van der Waals surface area contributed by atoms with Crippen molar-refractivity contribution < 1.29 is 19.4 Å². The Morgan fingerprint density at radius 1 is 1.50 bits per heavy atom. The van der Waals surface area contributed by atoms with E-state index in [1.165, 1.54) is 0 Å². The number of aromatic carboxylic acids is 1. The zero-order valence-corrected chi connectivity index (χ0v) is 11.5. The molecule has 2 amide bonds. The number of urea groups is 1. The van der Waals surface area contributed by atoms with Gasteiger partial charge < -0.3 is 25.5 Å². The van der Waals surface area contributed by atoms with Crippen LogP contribution in [-0.4, -0.2) is 40.8 Å². The van der Waals surface area contributed by atoms with Gasteiger partial charge in [0, 0.05) is 18.3 Å². The highest BCUT2D eigenvalue weighted by molar-refractivity contribution is 5.99. The van der Waals surface area contributed by atoms with Crippen LogP contribution < -0.4 is 10.6 Å². The van der Waals surface area contributed by atoms with Crippen LogP contribution in [0.25, 0.3) is 0 Å². The zero-order chi connectivity index (χ0) is 14.7. The van der Waals surface area contributed by atoms with Crippen LogP contribution in [0.2, 0.25) is 0 Å². The van der Waals surface area contributed by atoms with E-state index in [0.29, 0.717) is 12.3 Å². The Labute approximate surface area is 116 Å². The first-order valence-corrected chi connectivity index (χ1v) is 6.61. The van der Waals surface area contributed by atoms with Gasteiger partial charge in [-0.3, -0.25) is 0 Å². The second-order valence-corrected chi connectivity index (χ2v) is 4.89. The number of nitrogens with one attached hydrogen (secondary N) is 3. The second kappa shape index (κ2) is 5.96. The molecule has 110 valence electrons. The van der Waals surface area contributed by atoms with Gasteiger partial charge >= 0.3 is 12.0 Å². The molecule has 1 aliphatic rings. The summed E-state index contributed by atoms with van der Waals surface area (Å²) in [5, 5.41) is 14.4. The summed E-state index contributed by atoms with van der Waals surface area (Å²) in [6.07, 6.45) is 1.80. The summed E-state index contributed by atoms with van der Waals surface area (Å²) < 4.78 is 5.41. The third-order valence-electron chi connectivity index (χ3n) is 3.25. The maximum Gasteiger partial charge on any atom is 0.354 e. The van der Waals surface area contributed by atoms with Crippen molar-refractivity contribution in [3.63, 3.8) is 0 Å². The topological polar surface area (TPSA) is 103 Å². The number of ether oxygens (including phenoxy) is 1. The SMILES string of the molecule is CCOC1CC(NC(=O)Nc2cc(C)[nH]c2C(=O)O)C1. The number of anilines is 1. The maximum atomic E-state index is 11.8. The fourth-order valence-corrected chi connectivity index (χ4v) is 2.26. The molecule has 7 heteroatoms. The fraction of sp³-hybridized carbons (Fsp3) is 0.538. The molecule has 1 fully saturated rings. The molecule has 1 heterocycles. The number of rotatable bonds is 5. The van der Waals surface area contributed by atoms with Crippen molar-refractivity contribution >= 4 is 17.7 Å². The number of carbonyl (C=O) groups excluding carboxylic acids is 1. The van der Waals surface area contributed by atoms with Gasteiger partial charge in [0.1, 0.15) is 5.69 Å². The molecular weight excluding hydrogens is 262 g/mol. The highest BCUT2D eigenvalue weighted by atomic mass is 16.5. The molecule has 1 aliphatic carbocycles. The number of aryl methyl sites for hydroxylation is 1. The summed E-state index contributed by atoms with van der Waals surface area (Å²) in [6, 6.07) is 1.28. The van der Waals surface area contributed by atoms with Gasteiger partial charge in [-0.25, -0.2) is 9.59 Å². The van der Waals surface area contributed by atoms with Crippen LogP contribution in [0.4, 0.5) is 10.5 Å². The predicted molar refractivity (Wildman–Crippen MR) is 73.1 cm³/mol. The van der Waals surface area contributed by atoms with E-state index in [-0.39, 0.29) is 23.5 Å². The number of hydrogen-bond acceptors (Lipinski definition) is 3. The molecular formula is C13H19N3O4. The highest BCUT2D eigenvalue weighted by Crippen LogP contribution is 2.23. The van der Waals surface area contributed by atoms with Gasteiger partial charge in [0.05, 0.1) is 11.8 Å². The molecule has 20 heavy (non-hydrogen) atoms. The summed E-state index contributed by atoms with van der Waals surface area (Å²) >= 11 is 0. The lowest BCUT2D eigenvalue weighted by Crippen LogP contribution is -2.49. The van der Waals surface area contributed by atoms with E-state index in [1.807, 2.05) is 6.92 Å². The Morgan fingerprint density at radius 2 is 2.20 bits per heavy atom. The van der Waals surface area contributed by atoms with Crippen LogP contribution in [0.1, 0.15) is 35.9 Å². The maximum absolute atomic E-state index is 11.8. The van der Waals surface area contributed by atoms with Crippen molar-refractivity contribution in [3.05, 3.63) is 17.5 Å². The molecule has 1 aromatic rings. The number of hydrogen-bond donors (Lipinski definition) is 4. The van der Waals surface area contributed by atoms with Gasteiger partial charge in [-0.2, -0.15) is 0 Å². The molecule has 1 aromatic heterocycles. The lowest BCUT2D eigenvalue weighted by molar-refractivity contribution is -0.00673. The van der Waals surface area contributed by atoms with Crippen molar-refractivity contribution in [2.45, 2.75) is 38.8 Å². The molecule has 2 rings (SSSR count). The monoisotopic (exact) mass is 281 g/mol. The zero-order valence-electron chi connectivity index (χ0n) is 11.5. The van der Waals surface area contributed by atoms with Gasteiger partial charge in [0.2, 0.25) is 0 Å². The first kappa shape index (κ1) is 14.4. The molecule has 0 saturated heterocycles. The van der Waals surface area contributed by atoms with Gasteiger partial charge in [0.15, 0.2) is 0 Å². The number of carbonyl (C=O) groups is 2. The summed E-state index contributed by atoms with van der Waals surface area (Å²) in [5.41, 5.74) is 0.935. The average Bonchev–Trinajstić information content (AvgIpc) is 2.67. The number of carboxylic acids is 1. The van der Waals surface area contributed by atoms with Crippen LogP contribution in [0.15, 0.2) is 6.07 Å². The number of aromatic nitrogens is 1. The van der Waals surface area contributed by atoms with Gasteiger partial charge in [-0.05, 0) is 32.8 Å². The third kappa shape index (κ3) is 3.30. The number of H-pyrrole nitrogens is 1. The van der Waals surface area contributed by atoms with Crippen LogP contribution in [0.3, 0.4) is 0 Å². The molecule has 0 atom stereocenters. The molecule has 0 aromatic carbocycles. The molecule has 7 nitrogen and oxygen atoms in total. The van der Waals surface area contributed by atoms with Crippen LogP contribution in [0.5, 0.6) is 0 Å². The summed E-state index contributed by atoms with van der Waals surface area (Å²) in [7, 11) is 0. The van der Waals surface area contributed by atoms with Crippen molar-refractivity contribution in [1.82, 2.24) is 10.3 Å². The molecule has 0 aliphatic heterocycles. The first-order valence-electron chi connectivity index (χ1n) is 6.61. The number of aromatic amines is 1. The van der Waals surface area contributed by atoms with Crippen molar-refractivity contribution in [3.8, 4) is 0 Å². The highest BCUT2D eigenvalue weighted by Gasteiger charge is 2.30. The first-order chi connectivity index (χ1) is 9.49. The summed E-state index contributed by atoms with van der Waals surface area (Å²) in [4.78, 5) is 25.5. The van der Waals surface area contributed by atoms with Crippen LogP contribution >= 0.6 is 0 Å². The van der Waals surface area contributed by atoms with E-state index in [4.69, 9.17) is 9.84 Å². The van der Waals surface area contributed by atoms with E-state index >= 15 is 0 Å². The van der Waals surface area contributed by atoms with Gasteiger partial charge in [-0.1, -0.05) is 0 Å². The smallest absolute Gasteiger partial charge is 0.354 e. The third-order valence-corrected chi connectivity index (χ3v) is 3.25. The van der Waals surface area contributed by atoms with E-state index in [0.717, 1.165) is 12.8 Å². The van der Waals surface area contributed by atoms with Crippen LogP contribution in [0, 0.1) is 6.92 Å². The molecule has 0 radical (unpaired) electrons. The second-order valence-electron chi connectivity index (χ2n) is 4.89. The minimum atomic E-state index is -1.10. The van der Waals surface area contributed by atoms with Crippen molar-refractivity contribution in [1.29, 1.82) is 0 Å². The Hall–Kier alpha value is -2.02. The molecule has 0 unspecified atom stereocenters. The lowest BCUT2D eigenvalue weighted by Gasteiger charge is -2.35. The van der Waals surface area contributed by atoms with E-state index in [9.17, 15) is 9.59 Å². The molecule has 4 N–H and O–H groups in total. The van der Waals surface area contributed by atoms with Crippen molar-refractivity contribution in [2.75, 3.05) is 11.9 Å². The Balaban J connectivity index is 1.85. The molecule has 0 spiro atoms. The normalized spacial score (nSPS) is 21.1. The van der Waals surface area contributed by atoms with E-state index < -0.39 is 12.0 Å². The quantitative estimate of drug-likeness (QED) is 0.659.